The van der Waals surface area contributed by atoms with Gasteiger partial charge in [-0.1, -0.05) is 6.42 Å². The lowest BCUT2D eigenvalue weighted by Gasteiger charge is -2.31. The lowest BCUT2D eigenvalue weighted by atomic mass is 9.97. The number of carbonyl (C=O) groups excluding carboxylic acids is 2. The van der Waals surface area contributed by atoms with Gasteiger partial charge < -0.3 is 15.4 Å². The van der Waals surface area contributed by atoms with Gasteiger partial charge >= 0.3 is 5.97 Å². The minimum absolute atomic E-state index is 0.0216. The van der Waals surface area contributed by atoms with Crippen LogP contribution in [0.3, 0.4) is 0 Å². The van der Waals surface area contributed by atoms with Crippen molar-refractivity contribution in [1.82, 2.24) is 4.90 Å². The van der Waals surface area contributed by atoms with E-state index < -0.39 is 0 Å². The lowest BCUT2D eigenvalue weighted by Crippen LogP contribution is -2.41. The van der Waals surface area contributed by atoms with Crippen LogP contribution in [0.4, 0.5) is 0 Å². The van der Waals surface area contributed by atoms with Crippen molar-refractivity contribution in [1.29, 1.82) is 0 Å². The van der Waals surface area contributed by atoms with E-state index in [9.17, 15) is 9.59 Å². The highest BCUT2D eigenvalue weighted by atomic mass is 16.5. The quantitative estimate of drug-likeness (QED) is 0.533. The number of hydrogen-bond acceptors (Lipinski definition) is 4. The molecule has 19 heavy (non-hydrogen) atoms. The number of amides is 1. The Morgan fingerprint density at radius 3 is 2.79 bits per heavy atom. The number of unbranched alkanes of at least 4 members (excludes halogenated alkanes) is 2. The Bertz CT molecular complexity index is 294. The first-order chi connectivity index (χ1) is 9.13. The summed E-state index contributed by atoms with van der Waals surface area (Å²) in [6.45, 7) is 5.13. The van der Waals surface area contributed by atoms with E-state index in [0.717, 1.165) is 51.7 Å². The predicted octanol–water partition coefficient (Wildman–Crippen LogP) is 1.31. The first-order valence-electron chi connectivity index (χ1n) is 7.30. The molecular formula is C14H26N2O3. The molecule has 0 aromatic heterocycles. The van der Waals surface area contributed by atoms with Gasteiger partial charge in [-0.2, -0.15) is 0 Å². The fourth-order valence-corrected chi connectivity index (χ4v) is 2.51. The number of piperidine rings is 1. The van der Waals surface area contributed by atoms with Gasteiger partial charge in [0.15, 0.2) is 0 Å². The van der Waals surface area contributed by atoms with E-state index in [4.69, 9.17) is 10.5 Å². The number of nitrogens with zero attached hydrogens (tertiary/aromatic N) is 1. The molecule has 0 radical (unpaired) electrons. The summed E-state index contributed by atoms with van der Waals surface area (Å²) in [6, 6.07) is 0. The molecule has 0 aromatic rings. The largest absolute Gasteiger partial charge is 0.466 e. The molecule has 0 bridgehead atoms. The molecule has 5 nitrogen and oxygen atoms in total. The standard InChI is InChI=1S/C14H26N2O3/c1-2-19-13(17)8-4-3-5-9-16-10-6-7-12(11-16)14(15)18/h12H,2-11H2,1H3,(H2,15,18). The molecule has 1 unspecified atom stereocenters. The summed E-state index contributed by atoms with van der Waals surface area (Å²) in [4.78, 5) is 24.6. The van der Waals surface area contributed by atoms with Crippen LogP contribution in [-0.2, 0) is 14.3 Å². The number of esters is 1. The molecule has 1 fully saturated rings. The molecule has 110 valence electrons. The molecule has 1 aliphatic heterocycles. The van der Waals surface area contributed by atoms with E-state index in [1.807, 2.05) is 6.92 Å². The van der Waals surface area contributed by atoms with Crippen LogP contribution in [0.5, 0.6) is 0 Å². The van der Waals surface area contributed by atoms with Crippen molar-refractivity contribution >= 4 is 11.9 Å². The second-order valence-electron chi connectivity index (χ2n) is 5.16. The van der Waals surface area contributed by atoms with Crippen molar-refractivity contribution in [3.63, 3.8) is 0 Å². The summed E-state index contributed by atoms with van der Waals surface area (Å²) in [7, 11) is 0. The Morgan fingerprint density at radius 1 is 1.32 bits per heavy atom. The van der Waals surface area contributed by atoms with Gasteiger partial charge in [0.25, 0.3) is 0 Å². The maximum atomic E-state index is 11.2. The van der Waals surface area contributed by atoms with Gasteiger partial charge in [-0.25, -0.2) is 0 Å². The minimum Gasteiger partial charge on any atom is -0.466 e. The van der Waals surface area contributed by atoms with Crippen LogP contribution < -0.4 is 5.73 Å². The second kappa shape index (κ2) is 8.91. The molecule has 0 saturated carbocycles. The van der Waals surface area contributed by atoms with Gasteiger partial charge in [-0.3, -0.25) is 9.59 Å². The third-order valence-corrected chi connectivity index (χ3v) is 3.57. The fourth-order valence-electron chi connectivity index (χ4n) is 2.51. The molecule has 1 saturated heterocycles. The highest BCUT2D eigenvalue weighted by Gasteiger charge is 2.23. The van der Waals surface area contributed by atoms with Gasteiger partial charge in [0, 0.05) is 13.0 Å². The number of hydrogen-bond donors (Lipinski definition) is 1. The second-order valence-corrected chi connectivity index (χ2v) is 5.16. The molecule has 1 aliphatic rings. The number of nitrogens with two attached hydrogens (primary N) is 1. The molecule has 1 rings (SSSR count). The van der Waals surface area contributed by atoms with Crippen LogP contribution in [0.25, 0.3) is 0 Å². The number of likely N-dealkylation sites (tertiary alicyclic amines) is 1. The summed E-state index contributed by atoms with van der Waals surface area (Å²) >= 11 is 0. The van der Waals surface area contributed by atoms with Crippen molar-refractivity contribution in [2.45, 2.75) is 45.4 Å². The molecule has 0 aliphatic carbocycles. The number of carbonyl (C=O) groups is 2. The van der Waals surface area contributed by atoms with Crippen molar-refractivity contribution in [2.24, 2.45) is 11.7 Å². The zero-order valence-corrected chi connectivity index (χ0v) is 11.9. The fraction of sp³-hybridized carbons (Fsp3) is 0.857. The Labute approximate surface area is 115 Å². The van der Waals surface area contributed by atoms with Gasteiger partial charge in [-0.05, 0) is 45.7 Å². The van der Waals surface area contributed by atoms with Crippen LogP contribution in [0.2, 0.25) is 0 Å². The van der Waals surface area contributed by atoms with Crippen molar-refractivity contribution in [2.75, 3.05) is 26.2 Å². The molecular weight excluding hydrogens is 244 g/mol. The molecule has 1 heterocycles. The molecule has 5 heteroatoms. The number of ether oxygens (including phenoxy) is 1. The van der Waals surface area contributed by atoms with E-state index in [-0.39, 0.29) is 17.8 Å². The number of primary amides is 1. The van der Waals surface area contributed by atoms with Gasteiger partial charge in [0.05, 0.1) is 12.5 Å². The summed E-state index contributed by atoms with van der Waals surface area (Å²) in [6.07, 6.45) is 5.45. The van der Waals surface area contributed by atoms with Crippen LogP contribution in [0, 0.1) is 5.92 Å². The Morgan fingerprint density at radius 2 is 2.11 bits per heavy atom. The zero-order valence-electron chi connectivity index (χ0n) is 11.9. The Balaban J connectivity index is 2.06. The SMILES string of the molecule is CCOC(=O)CCCCCN1CCCC(C(N)=O)C1. The van der Waals surface area contributed by atoms with Crippen LogP contribution in [-0.4, -0.2) is 43.0 Å². The van der Waals surface area contributed by atoms with E-state index in [1.165, 1.54) is 0 Å². The average molecular weight is 270 g/mol. The van der Waals surface area contributed by atoms with Crippen molar-refractivity contribution in [3.8, 4) is 0 Å². The Kier molecular flexibility index (Phi) is 7.48. The first kappa shape index (κ1) is 16.0. The van der Waals surface area contributed by atoms with E-state index in [2.05, 4.69) is 4.90 Å². The maximum absolute atomic E-state index is 11.2. The van der Waals surface area contributed by atoms with Gasteiger partial charge in [-0.15, -0.1) is 0 Å². The molecule has 0 spiro atoms. The van der Waals surface area contributed by atoms with E-state index in [0.29, 0.717) is 13.0 Å². The van der Waals surface area contributed by atoms with E-state index in [1.54, 1.807) is 0 Å². The van der Waals surface area contributed by atoms with Crippen LogP contribution >= 0.6 is 0 Å². The van der Waals surface area contributed by atoms with Crippen LogP contribution in [0.15, 0.2) is 0 Å². The Hall–Kier alpha value is -1.10. The molecule has 0 aromatic carbocycles. The monoisotopic (exact) mass is 270 g/mol. The summed E-state index contributed by atoms with van der Waals surface area (Å²) < 4.78 is 4.88. The third-order valence-electron chi connectivity index (χ3n) is 3.57. The highest BCUT2D eigenvalue weighted by Crippen LogP contribution is 2.16. The predicted molar refractivity (Wildman–Crippen MR) is 73.5 cm³/mol. The summed E-state index contributed by atoms with van der Waals surface area (Å²) in [5.41, 5.74) is 5.35. The van der Waals surface area contributed by atoms with E-state index >= 15 is 0 Å². The third kappa shape index (κ3) is 6.57. The first-order valence-corrected chi connectivity index (χ1v) is 7.30. The average Bonchev–Trinajstić information content (AvgIpc) is 2.39. The lowest BCUT2D eigenvalue weighted by molar-refractivity contribution is -0.143. The highest BCUT2D eigenvalue weighted by molar-refractivity contribution is 5.76. The normalized spacial score (nSPS) is 20.2. The van der Waals surface area contributed by atoms with Crippen LogP contribution in [0.1, 0.15) is 45.4 Å². The van der Waals surface area contributed by atoms with Crippen molar-refractivity contribution in [3.05, 3.63) is 0 Å². The van der Waals surface area contributed by atoms with Gasteiger partial charge in [0.2, 0.25) is 5.91 Å². The summed E-state index contributed by atoms with van der Waals surface area (Å²) in [5.74, 6) is -0.255. The minimum atomic E-state index is -0.174. The van der Waals surface area contributed by atoms with Crippen molar-refractivity contribution < 1.29 is 14.3 Å². The molecule has 1 atom stereocenters. The topological polar surface area (TPSA) is 72.6 Å². The smallest absolute Gasteiger partial charge is 0.305 e. The summed E-state index contributed by atoms with van der Waals surface area (Å²) in [5, 5.41) is 0. The molecule has 2 N–H and O–H groups in total. The van der Waals surface area contributed by atoms with Gasteiger partial charge in [0.1, 0.15) is 0 Å². The zero-order chi connectivity index (χ0) is 14.1. The number of rotatable bonds is 8. The molecule has 1 amide bonds. The maximum Gasteiger partial charge on any atom is 0.305 e.